The van der Waals surface area contributed by atoms with Gasteiger partial charge in [0, 0.05) is 0 Å². The SMILES string of the molecule is CC.CCOC(=O)Cn1c(SC)nc2c(c1=O)NC(c1ccc(F)cc1)CC2. The molecule has 1 aromatic heterocycles. The monoisotopic (exact) mass is 407 g/mol. The van der Waals surface area contributed by atoms with Crippen LogP contribution < -0.4 is 10.9 Å². The Hall–Kier alpha value is -2.35. The molecule has 1 aliphatic rings. The van der Waals surface area contributed by atoms with Crippen LogP contribution in [0.3, 0.4) is 0 Å². The van der Waals surface area contributed by atoms with E-state index in [4.69, 9.17) is 4.74 Å². The number of anilines is 1. The molecule has 0 amide bonds. The molecule has 1 N–H and O–H groups in total. The number of hydrogen-bond donors (Lipinski definition) is 1. The second kappa shape index (κ2) is 10.3. The van der Waals surface area contributed by atoms with Crippen molar-refractivity contribution in [2.75, 3.05) is 18.2 Å². The van der Waals surface area contributed by atoms with E-state index in [1.165, 1.54) is 28.5 Å². The quantitative estimate of drug-likeness (QED) is 0.462. The van der Waals surface area contributed by atoms with E-state index in [0.29, 0.717) is 23.0 Å². The van der Waals surface area contributed by atoms with Crippen LogP contribution in [-0.2, 0) is 22.5 Å². The average molecular weight is 408 g/mol. The van der Waals surface area contributed by atoms with E-state index < -0.39 is 5.97 Å². The zero-order chi connectivity index (χ0) is 20.7. The highest BCUT2D eigenvalue weighted by atomic mass is 32.2. The van der Waals surface area contributed by atoms with Crippen LogP contribution in [0.2, 0.25) is 0 Å². The molecule has 1 atom stereocenters. The molecule has 0 fully saturated rings. The third-order valence-corrected chi connectivity index (χ3v) is 4.92. The molecular formula is C20H26FN3O3S. The van der Waals surface area contributed by atoms with Crippen molar-refractivity contribution in [3.8, 4) is 0 Å². The largest absolute Gasteiger partial charge is 0.465 e. The molecule has 0 saturated heterocycles. The number of carbonyl (C=O) groups excluding carboxylic acids is 1. The van der Waals surface area contributed by atoms with Crippen molar-refractivity contribution in [1.82, 2.24) is 9.55 Å². The highest BCUT2D eigenvalue weighted by molar-refractivity contribution is 7.98. The van der Waals surface area contributed by atoms with Gasteiger partial charge in [-0.15, -0.1) is 0 Å². The van der Waals surface area contributed by atoms with Gasteiger partial charge < -0.3 is 10.1 Å². The van der Waals surface area contributed by atoms with Crippen LogP contribution in [-0.4, -0.2) is 28.4 Å². The first-order chi connectivity index (χ1) is 13.5. The van der Waals surface area contributed by atoms with Crippen molar-refractivity contribution in [1.29, 1.82) is 0 Å². The number of nitrogens with one attached hydrogen (secondary N) is 1. The van der Waals surface area contributed by atoms with Gasteiger partial charge in [0.15, 0.2) is 5.16 Å². The van der Waals surface area contributed by atoms with Gasteiger partial charge in [0.25, 0.3) is 5.56 Å². The molecule has 0 bridgehead atoms. The van der Waals surface area contributed by atoms with Gasteiger partial charge >= 0.3 is 5.97 Å². The normalized spacial score (nSPS) is 15.0. The maximum absolute atomic E-state index is 13.1. The summed E-state index contributed by atoms with van der Waals surface area (Å²) in [5, 5.41) is 3.71. The fourth-order valence-corrected chi connectivity index (χ4v) is 3.58. The standard InChI is InChI=1S/C18H20FN3O3S.C2H6/c1-3-25-15(23)10-22-17(24)16-14(21-18(22)26-2)9-8-13(20-16)11-4-6-12(19)7-5-11;1-2/h4-7,13,20H,3,8-10H2,1-2H3;1-2H3. The lowest BCUT2D eigenvalue weighted by Crippen LogP contribution is -2.34. The zero-order valence-electron chi connectivity index (χ0n) is 16.6. The molecule has 152 valence electrons. The summed E-state index contributed by atoms with van der Waals surface area (Å²) >= 11 is 1.32. The van der Waals surface area contributed by atoms with Gasteiger partial charge in [0.1, 0.15) is 18.0 Å². The van der Waals surface area contributed by atoms with E-state index in [0.717, 1.165) is 12.0 Å². The number of aryl methyl sites for hydroxylation is 1. The van der Waals surface area contributed by atoms with Gasteiger partial charge in [-0.2, -0.15) is 0 Å². The molecule has 0 radical (unpaired) electrons. The number of hydrogen-bond acceptors (Lipinski definition) is 6. The zero-order valence-corrected chi connectivity index (χ0v) is 17.4. The molecule has 2 aromatic rings. The lowest BCUT2D eigenvalue weighted by Gasteiger charge is -2.27. The van der Waals surface area contributed by atoms with Crippen molar-refractivity contribution in [2.45, 2.75) is 51.4 Å². The number of thioether (sulfide) groups is 1. The Morgan fingerprint density at radius 3 is 2.64 bits per heavy atom. The van der Waals surface area contributed by atoms with Crippen LogP contribution in [0.4, 0.5) is 10.1 Å². The van der Waals surface area contributed by atoms with Gasteiger partial charge in [0.2, 0.25) is 0 Å². The van der Waals surface area contributed by atoms with Crippen molar-refractivity contribution in [3.63, 3.8) is 0 Å². The predicted octanol–water partition coefficient (Wildman–Crippen LogP) is 3.79. The Labute approximate surface area is 168 Å². The summed E-state index contributed by atoms with van der Waals surface area (Å²) in [5.41, 5.74) is 1.70. The Balaban J connectivity index is 0.00000136. The summed E-state index contributed by atoms with van der Waals surface area (Å²) in [7, 11) is 0. The molecule has 8 heteroatoms. The minimum Gasteiger partial charge on any atom is -0.465 e. The molecule has 0 aliphatic carbocycles. The van der Waals surface area contributed by atoms with E-state index in [2.05, 4.69) is 10.3 Å². The molecule has 6 nitrogen and oxygen atoms in total. The Morgan fingerprint density at radius 2 is 2.04 bits per heavy atom. The summed E-state index contributed by atoms with van der Waals surface area (Å²) < 4.78 is 19.4. The number of aromatic nitrogens is 2. The minimum absolute atomic E-state index is 0.103. The number of carbonyl (C=O) groups is 1. The lowest BCUT2D eigenvalue weighted by atomic mass is 9.96. The maximum Gasteiger partial charge on any atom is 0.326 e. The van der Waals surface area contributed by atoms with Crippen LogP contribution in [0.25, 0.3) is 0 Å². The van der Waals surface area contributed by atoms with Crippen LogP contribution in [0.5, 0.6) is 0 Å². The molecule has 1 unspecified atom stereocenters. The van der Waals surface area contributed by atoms with E-state index in [1.54, 1.807) is 19.1 Å². The third kappa shape index (κ3) is 4.92. The van der Waals surface area contributed by atoms with Gasteiger partial charge in [-0.25, -0.2) is 9.37 Å². The molecule has 1 aliphatic heterocycles. The second-order valence-corrected chi connectivity index (χ2v) is 6.68. The first-order valence-electron chi connectivity index (χ1n) is 9.38. The smallest absolute Gasteiger partial charge is 0.326 e. The summed E-state index contributed by atoms with van der Waals surface area (Å²) in [5.74, 6) is -0.773. The highest BCUT2D eigenvalue weighted by Gasteiger charge is 2.26. The van der Waals surface area contributed by atoms with Crippen LogP contribution in [0.1, 0.15) is 44.5 Å². The third-order valence-electron chi connectivity index (χ3n) is 4.24. The van der Waals surface area contributed by atoms with E-state index in [9.17, 15) is 14.0 Å². The summed E-state index contributed by atoms with van der Waals surface area (Å²) in [6.07, 6.45) is 3.20. The fourth-order valence-electron chi connectivity index (χ4n) is 3.01. The summed E-state index contributed by atoms with van der Waals surface area (Å²) in [6, 6.07) is 6.12. The van der Waals surface area contributed by atoms with Crippen LogP contribution in [0, 0.1) is 5.82 Å². The topological polar surface area (TPSA) is 73.2 Å². The van der Waals surface area contributed by atoms with E-state index in [1.807, 2.05) is 20.1 Å². The van der Waals surface area contributed by atoms with Crippen LogP contribution in [0.15, 0.2) is 34.2 Å². The summed E-state index contributed by atoms with van der Waals surface area (Å²) in [4.78, 5) is 29.3. The van der Waals surface area contributed by atoms with Crippen molar-refractivity contribution >= 4 is 23.4 Å². The Kier molecular flexibility index (Phi) is 8.04. The number of nitrogens with zero attached hydrogens (tertiary/aromatic N) is 2. The Morgan fingerprint density at radius 1 is 1.36 bits per heavy atom. The van der Waals surface area contributed by atoms with Crippen molar-refractivity contribution < 1.29 is 13.9 Å². The summed E-state index contributed by atoms with van der Waals surface area (Å²) in [6.45, 7) is 5.80. The van der Waals surface area contributed by atoms with Gasteiger partial charge in [-0.05, 0) is 43.7 Å². The molecule has 2 heterocycles. The van der Waals surface area contributed by atoms with Gasteiger partial charge in [-0.1, -0.05) is 37.7 Å². The number of rotatable bonds is 5. The minimum atomic E-state index is -0.474. The molecule has 28 heavy (non-hydrogen) atoms. The van der Waals surface area contributed by atoms with E-state index in [-0.39, 0.29) is 30.6 Å². The molecular weight excluding hydrogens is 381 g/mol. The first-order valence-corrected chi connectivity index (χ1v) is 10.6. The molecule has 0 spiro atoms. The van der Waals surface area contributed by atoms with Crippen molar-refractivity contribution in [3.05, 3.63) is 51.7 Å². The number of esters is 1. The number of halogens is 1. The number of benzene rings is 1. The maximum atomic E-state index is 13.1. The lowest BCUT2D eigenvalue weighted by molar-refractivity contribution is -0.144. The number of ether oxygens (including phenoxy) is 1. The molecule has 0 saturated carbocycles. The highest BCUT2D eigenvalue weighted by Crippen LogP contribution is 2.30. The van der Waals surface area contributed by atoms with Gasteiger partial charge in [0.05, 0.1) is 18.3 Å². The fraction of sp³-hybridized carbons (Fsp3) is 0.450. The number of fused-ring (bicyclic) bond motifs is 1. The van der Waals surface area contributed by atoms with Crippen molar-refractivity contribution in [2.24, 2.45) is 0 Å². The first kappa shape index (κ1) is 21.9. The predicted molar refractivity (Wildman–Crippen MR) is 109 cm³/mol. The molecule has 1 aromatic carbocycles. The second-order valence-electron chi connectivity index (χ2n) is 5.90. The average Bonchev–Trinajstić information content (AvgIpc) is 2.72. The molecule has 3 rings (SSSR count). The van der Waals surface area contributed by atoms with Gasteiger partial charge in [-0.3, -0.25) is 14.2 Å². The Bertz CT molecular complexity index is 868. The van der Waals surface area contributed by atoms with E-state index >= 15 is 0 Å². The van der Waals surface area contributed by atoms with Crippen LogP contribution >= 0.6 is 11.8 Å².